The maximum absolute atomic E-state index is 14.8. The summed E-state index contributed by atoms with van der Waals surface area (Å²) >= 11 is 0. The van der Waals surface area contributed by atoms with Crippen molar-refractivity contribution >= 4 is 35.2 Å². The van der Waals surface area contributed by atoms with Crippen LogP contribution in [-0.4, -0.2) is 79.0 Å². The summed E-state index contributed by atoms with van der Waals surface area (Å²) in [6.45, 7) is 2.01. The minimum Gasteiger partial charge on any atom is -0.465 e. The maximum Gasteiger partial charge on any atom is 0.415 e. The zero-order chi connectivity index (χ0) is 27.9. The van der Waals surface area contributed by atoms with Gasteiger partial charge in [0.2, 0.25) is 5.91 Å². The van der Waals surface area contributed by atoms with Gasteiger partial charge in [0.25, 0.3) is 11.8 Å². The molecule has 2 aromatic rings. The molecule has 6 rings (SSSR count). The Morgan fingerprint density at radius 3 is 3.00 bits per heavy atom. The average Bonchev–Trinajstić information content (AvgIpc) is 3.65. The highest BCUT2D eigenvalue weighted by atomic mass is 19.1. The first-order valence-electron chi connectivity index (χ1n) is 13.3. The quantitative estimate of drug-likeness (QED) is 0.341. The van der Waals surface area contributed by atoms with Crippen LogP contribution in [-0.2, 0) is 31.9 Å². The molecule has 3 aliphatic heterocycles. The number of nitrogens with one attached hydrogen (secondary N) is 3. The summed E-state index contributed by atoms with van der Waals surface area (Å²) in [5.41, 5.74) is 6.98. The van der Waals surface area contributed by atoms with Crippen molar-refractivity contribution in [3.8, 4) is 5.88 Å². The molecule has 4 aliphatic rings. The number of fused-ring (bicyclic) bond motifs is 2. The van der Waals surface area contributed by atoms with Gasteiger partial charge in [0.1, 0.15) is 17.5 Å². The fourth-order valence-corrected chi connectivity index (χ4v) is 5.42. The number of cyclic esters (lactones) is 1. The first-order valence-corrected chi connectivity index (χ1v) is 13.3. The minimum absolute atomic E-state index is 0.130. The normalized spacial score (nSPS) is 25.2. The van der Waals surface area contributed by atoms with Crippen LogP contribution >= 0.6 is 0 Å². The molecule has 3 atom stereocenters. The topological polar surface area (TPSA) is 170 Å². The molecule has 13 nitrogen and oxygen atoms in total. The number of nitrogens with two attached hydrogens (primary N) is 1. The van der Waals surface area contributed by atoms with Crippen LogP contribution in [0, 0.1) is 11.7 Å². The van der Waals surface area contributed by atoms with Gasteiger partial charge < -0.3 is 35.9 Å². The van der Waals surface area contributed by atoms with Gasteiger partial charge in [-0.05, 0) is 68.0 Å². The van der Waals surface area contributed by atoms with Gasteiger partial charge in [-0.25, -0.2) is 19.2 Å². The number of carbonyl (C=O) groups is 3. The van der Waals surface area contributed by atoms with E-state index in [4.69, 9.17) is 19.9 Å². The van der Waals surface area contributed by atoms with Crippen LogP contribution in [0.5, 0.6) is 5.88 Å². The lowest BCUT2D eigenvalue weighted by molar-refractivity contribution is -0.121. The molecule has 3 unspecified atom stereocenters. The lowest BCUT2D eigenvalue weighted by atomic mass is 9.99. The SMILES string of the molecule is NC1(C(=O)Nc2cc(F)c3c(c2)CC(CNCCC2CN(c4cnc5c(n4)NC(=O)CO5)C(=O)O2)C3)CCOC1. The summed E-state index contributed by atoms with van der Waals surface area (Å²) in [4.78, 5) is 46.3. The Hall–Kier alpha value is -3.88. The van der Waals surface area contributed by atoms with E-state index in [2.05, 4.69) is 25.9 Å². The Kier molecular flexibility index (Phi) is 6.98. The first kappa shape index (κ1) is 26.3. The van der Waals surface area contributed by atoms with Crippen molar-refractivity contribution in [3.63, 3.8) is 0 Å². The van der Waals surface area contributed by atoms with Gasteiger partial charge in [0, 0.05) is 12.3 Å². The number of nitrogens with zero attached hydrogens (tertiary/aromatic N) is 3. The summed E-state index contributed by atoms with van der Waals surface area (Å²) in [7, 11) is 0. The van der Waals surface area contributed by atoms with E-state index < -0.39 is 11.6 Å². The van der Waals surface area contributed by atoms with Crippen LogP contribution in [0.15, 0.2) is 18.3 Å². The molecule has 212 valence electrons. The monoisotopic (exact) mass is 555 g/mol. The fourth-order valence-electron chi connectivity index (χ4n) is 5.42. The minimum atomic E-state index is -1.09. The van der Waals surface area contributed by atoms with E-state index in [1.165, 1.54) is 17.2 Å². The van der Waals surface area contributed by atoms with Gasteiger partial charge in [0.05, 0.1) is 19.3 Å². The van der Waals surface area contributed by atoms with Crippen LogP contribution in [0.2, 0.25) is 0 Å². The van der Waals surface area contributed by atoms with Crippen LogP contribution in [0.1, 0.15) is 24.0 Å². The van der Waals surface area contributed by atoms with Gasteiger partial charge in [-0.15, -0.1) is 0 Å². The van der Waals surface area contributed by atoms with E-state index in [-0.39, 0.29) is 60.4 Å². The molecule has 2 saturated heterocycles. The second-order valence-electron chi connectivity index (χ2n) is 10.6. The van der Waals surface area contributed by atoms with Crippen molar-refractivity contribution in [1.82, 2.24) is 15.3 Å². The zero-order valence-corrected chi connectivity index (χ0v) is 21.7. The Morgan fingerprint density at radius 2 is 2.17 bits per heavy atom. The van der Waals surface area contributed by atoms with E-state index in [9.17, 15) is 18.8 Å². The predicted octanol–water partition coefficient (Wildman–Crippen LogP) is 0.723. The number of amides is 3. The molecule has 40 heavy (non-hydrogen) atoms. The van der Waals surface area contributed by atoms with Crippen LogP contribution in [0.25, 0.3) is 0 Å². The summed E-state index contributed by atoms with van der Waals surface area (Å²) in [5.74, 6) is -0.206. The molecule has 1 aromatic heterocycles. The molecule has 5 N–H and O–H groups in total. The van der Waals surface area contributed by atoms with Crippen molar-refractivity contribution in [2.75, 3.05) is 55.0 Å². The largest absolute Gasteiger partial charge is 0.465 e. The standard InChI is InChI=1S/C26H30FN7O6/c27-19-8-16(31-24(36)26(28)2-4-38-13-26)7-15-5-14(6-18(15)19)9-29-3-1-17-11-34(25(37)40-17)20-10-30-23-22(32-20)33-21(35)12-39-23/h7-8,10,14,17,29H,1-6,9,11-13,28H2,(H,31,36)(H,32,33,35). The number of benzene rings is 1. The molecule has 2 fully saturated rings. The molecule has 0 radical (unpaired) electrons. The Balaban J connectivity index is 0.970. The highest BCUT2D eigenvalue weighted by Crippen LogP contribution is 2.32. The van der Waals surface area contributed by atoms with Crippen molar-refractivity contribution in [2.24, 2.45) is 11.7 Å². The molecule has 4 heterocycles. The van der Waals surface area contributed by atoms with Gasteiger partial charge in [-0.1, -0.05) is 0 Å². The number of hydrogen-bond donors (Lipinski definition) is 4. The number of carbonyl (C=O) groups excluding carboxylic acids is 3. The summed E-state index contributed by atoms with van der Waals surface area (Å²) in [6, 6.07) is 3.17. The third-order valence-corrected chi connectivity index (χ3v) is 7.60. The van der Waals surface area contributed by atoms with Crippen molar-refractivity contribution in [1.29, 1.82) is 0 Å². The van der Waals surface area contributed by atoms with Crippen LogP contribution < -0.4 is 31.3 Å². The summed E-state index contributed by atoms with van der Waals surface area (Å²) < 4.78 is 30.8. The van der Waals surface area contributed by atoms with E-state index in [0.29, 0.717) is 63.2 Å². The molecule has 3 amide bonds. The Morgan fingerprint density at radius 1 is 1.30 bits per heavy atom. The fraction of sp³-hybridized carbons (Fsp3) is 0.500. The molecule has 0 bridgehead atoms. The van der Waals surface area contributed by atoms with E-state index in [0.717, 1.165) is 5.56 Å². The van der Waals surface area contributed by atoms with E-state index in [1.54, 1.807) is 0 Å². The average molecular weight is 556 g/mol. The lowest BCUT2D eigenvalue weighted by Crippen LogP contribution is -2.51. The smallest absolute Gasteiger partial charge is 0.415 e. The summed E-state index contributed by atoms with van der Waals surface area (Å²) in [6.07, 6.45) is 2.81. The van der Waals surface area contributed by atoms with E-state index in [1.807, 2.05) is 6.07 Å². The maximum atomic E-state index is 14.8. The van der Waals surface area contributed by atoms with Crippen LogP contribution in [0.4, 0.5) is 26.5 Å². The number of halogens is 1. The molecule has 0 spiro atoms. The summed E-state index contributed by atoms with van der Waals surface area (Å²) in [5, 5.41) is 8.71. The number of hydrogen-bond acceptors (Lipinski definition) is 10. The van der Waals surface area contributed by atoms with Crippen molar-refractivity contribution in [3.05, 3.63) is 35.3 Å². The number of anilines is 3. The number of ether oxygens (including phenoxy) is 3. The van der Waals surface area contributed by atoms with Crippen LogP contribution in [0.3, 0.4) is 0 Å². The highest BCUT2D eigenvalue weighted by molar-refractivity contribution is 5.98. The molecular formula is C26H30FN7O6. The highest BCUT2D eigenvalue weighted by Gasteiger charge is 2.39. The van der Waals surface area contributed by atoms with Gasteiger partial charge in [-0.3, -0.25) is 14.5 Å². The predicted molar refractivity (Wildman–Crippen MR) is 140 cm³/mol. The second kappa shape index (κ2) is 10.6. The lowest BCUT2D eigenvalue weighted by Gasteiger charge is -2.21. The first-order chi connectivity index (χ1) is 19.3. The van der Waals surface area contributed by atoms with Crippen molar-refractivity contribution < 1.29 is 33.0 Å². The van der Waals surface area contributed by atoms with Gasteiger partial charge in [-0.2, -0.15) is 0 Å². The third kappa shape index (κ3) is 5.29. The van der Waals surface area contributed by atoms with E-state index >= 15 is 0 Å². The Labute approximate surface area is 228 Å². The third-order valence-electron chi connectivity index (χ3n) is 7.60. The number of rotatable bonds is 8. The molecule has 1 aliphatic carbocycles. The molecule has 14 heteroatoms. The van der Waals surface area contributed by atoms with Gasteiger partial charge in [0.15, 0.2) is 18.2 Å². The zero-order valence-electron chi connectivity index (χ0n) is 21.7. The van der Waals surface area contributed by atoms with Crippen molar-refractivity contribution in [2.45, 2.75) is 37.3 Å². The van der Waals surface area contributed by atoms with Gasteiger partial charge >= 0.3 is 6.09 Å². The molecular weight excluding hydrogens is 525 g/mol. The molecule has 1 aromatic carbocycles. The Bertz CT molecular complexity index is 1350. The second-order valence-corrected chi connectivity index (χ2v) is 10.6. The number of aromatic nitrogens is 2. The molecule has 0 saturated carbocycles.